The van der Waals surface area contributed by atoms with Gasteiger partial charge in [-0.15, -0.1) is 0 Å². The second-order valence-electron chi connectivity index (χ2n) is 23.6. The van der Waals surface area contributed by atoms with Crippen molar-refractivity contribution < 1.29 is 15.0 Å². The van der Waals surface area contributed by atoms with E-state index in [2.05, 4.69) is 43.5 Å². The molecular weight excluding hydrogens is 903 g/mol. The zero-order chi connectivity index (χ0) is 53.4. The molecule has 3 N–H and O–H groups in total. The average Bonchev–Trinajstić information content (AvgIpc) is 3.40. The molecule has 0 spiro atoms. The lowest BCUT2D eigenvalue weighted by Crippen LogP contribution is -2.45. The summed E-state index contributed by atoms with van der Waals surface area (Å²) in [7, 11) is 0. The first-order valence-electron chi connectivity index (χ1n) is 34.2. The van der Waals surface area contributed by atoms with Crippen molar-refractivity contribution in [2.45, 2.75) is 398 Å². The van der Waals surface area contributed by atoms with E-state index in [-0.39, 0.29) is 12.5 Å². The zero-order valence-corrected chi connectivity index (χ0v) is 50.6. The molecule has 0 bridgehead atoms. The molecule has 0 aromatic rings. The minimum atomic E-state index is -0.870. The van der Waals surface area contributed by atoms with E-state index in [1.807, 2.05) is 6.08 Å². The largest absolute Gasteiger partial charge is 0.394 e. The van der Waals surface area contributed by atoms with Crippen LogP contribution in [0.2, 0.25) is 0 Å². The summed E-state index contributed by atoms with van der Waals surface area (Å²) in [6, 6.07) is -0.645. The Labute approximate surface area is 465 Å². The third kappa shape index (κ3) is 61.5. The Morgan fingerprint density at radius 3 is 0.784 bits per heavy atom. The number of aliphatic hydroxyl groups is 2. The SMILES string of the molecule is CCCCCCCCCCCCCC/C=C/CC/C=C/CC/C=C/C(O)C(CO)NC(=O)CCCCCCCCCCCCCCCCCCCCCCCCCCCCCCCCCCCCCCCCCC. The van der Waals surface area contributed by atoms with Crippen molar-refractivity contribution in [3.8, 4) is 0 Å². The van der Waals surface area contributed by atoms with Gasteiger partial charge in [-0.25, -0.2) is 0 Å². The van der Waals surface area contributed by atoms with Gasteiger partial charge in [0, 0.05) is 6.42 Å². The maximum atomic E-state index is 12.5. The number of rotatable bonds is 64. The number of carbonyl (C=O) groups is 1. The lowest BCUT2D eigenvalue weighted by Gasteiger charge is -2.19. The van der Waals surface area contributed by atoms with Crippen LogP contribution in [0.1, 0.15) is 386 Å². The van der Waals surface area contributed by atoms with Crippen molar-refractivity contribution >= 4 is 5.91 Å². The number of amides is 1. The van der Waals surface area contributed by atoms with Crippen LogP contribution < -0.4 is 5.32 Å². The summed E-state index contributed by atoms with van der Waals surface area (Å²) in [4.78, 5) is 12.5. The lowest BCUT2D eigenvalue weighted by atomic mass is 10.0. The second kappa shape index (κ2) is 65.9. The molecule has 1 amide bonds. The quantitative estimate of drug-likeness (QED) is 0.0420. The number of hydrogen-bond donors (Lipinski definition) is 3. The number of carbonyl (C=O) groups excluding carboxylic acids is 1. The normalized spacial score (nSPS) is 12.9. The Morgan fingerprint density at radius 2 is 0.527 bits per heavy atom. The molecule has 4 nitrogen and oxygen atoms in total. The highest BCUT2D eigenvalue weighted by Crippen LogP contribution is 2.19. The molecule has 2 atom stereocenters. The van der Waals surface area contributed by atoms with Crippen LogP contribution in [-0.2, 0) is 4.79 Å². The summed E-state index contributed by atoms with van der Waals surface area (Å²) in [5, 5.41) is 23.2. The van der Waals surface area contributed by atoms with E-state index in [0.717, 1.165) is 38.5 Å². The molecular formula is C70H135NO3. The molecule has 0 heterocycles. The highest BCUT2D eigenvalue weighted by Gasteiger charge is 2.18. The first-order chi connectivity index (χ1) is 36.7. The van der Waals surface area contributed by atoms with Crippen LogP contribution in [0.15, 0.2) is 36.5 Å². The van der Waals surface area contributed by atoms with E-state index in [1.54, 1.807) is 6.08 Å². The highest BCUT2D eigenvalue weighted by molar-refractivity contribution is 5.76. The molecule has 74 heavy (non-hydrogen) atoms. The Balaban J connectivity index is 3.41. The van der Waals surface area contributed by atoms with Crippen LogP contribution in [0.4, 0.5) is 0 Å². The fraction of sp³-hybridized carbons (Fsp3) is 0.900. The summed E-state index contributed by atoms with van der Waals surface area (Å²) >= 11 is 0. The fourth-order valence-electron chi connectivity index (χ4n) is 10.9. The first-order valence-corrected chi connectivity index (χ1v) is 34.2. The van der Waals surface area contributed by atoms with Gasteiger partial charge in [0.15, 0.2) is 0 Å². The molecule has 0 aliphatic heterocycles. The minimum absolute atomic E-state index is 0.0702. The molecule has 0 aliphatic carbocycles. The van der Waals surface area contributed by atoms with Crippen LogP contribution in [0.25, 0.3) is 0 Å². The van der Waals surface area contributed by atoms with Crippen molar-refractivity contribution in [2.24, 2.45) is 0 Å². The van der Waals surface area contributed by atoms with E-state index in [1.165, 1.54) is 327 Å². The Morgan fingerprint density at radius 1 is 0.311 bits per heavy atom. The van der Waals surface area contributed by atoms with E-state index in [4.69, 9.17) is 0 Å². The van der Waals surface area contributed by atoms with E-state index >= 15 is 0 Å². The number of unbranched alkanes of at least 4 members (excludes halogenated alkanes) is 53. The lowest BCUT2D eigenvalue weighted by molar-refractivity contribution is -0.123. The van der Waals surface area contributed by atoms with Gasteiger partial charge in [0.05, 0.1) is 18.8 Å². The maximum Gasteiger partial charge on any atom is 0.220 e. The van der Waals surface area contributed by atoms with Gasteiger partial charge < -0.3 is 15.5 Å². The van der Waals surface area contributed by atoms with Crippen molar-refractivity contribution in [1.82, 2.24) is 5.32 Å². The highest BCUT2D eigenvalue weighted by atomic mass is 16.3. The maximum absolute atomic E-state index is 12.5. The van der Waals surface area contributed by atoms with Gasteiger partial charge in [0.2, 0.25) is 5.91 Å². The molecule has 2 unspecified atom stereocenters. The van der Waals surface area contributed by atoms with Crippen LogP contribution in [0.5, 0.6) is 0 Å². The van der Waals surface area contributed by atoms with Gasteiger partial charge in [-0.05, 0) is 44.9 Å². The molecule has 0 fully saturated rings. The van der Waals surface area contributed by atoms with Crippen molar-refractivity contribution in [1.29, 1.82) is 0 Å². The molecule has 0 aromatic heterocycles. The Hall–Kier alpha value is -1.39. The molecule has 0 rings (SSSR count). The molecule has 438 valence electrons. The van der Waals surface area contributed by atoms with Crippen LogP contribution in [0.3, 0.4) is 0 Å². The van der Waals surface area contributed by atoms with Gasteiger partial charge in [0.25, 0.3) is 0 Å². The van der Waals surface area contributed by atoms with Gasteiger partial charge in [0.1, 0.15) is 0 Å². The molecule has 0 saturated heterocycles. The van der Waals surface area contributed by atoms with Crippen molar-refractivity contribution in [3.05, 3.63) is 36.5 Å². The molecule has 0 aliphatic rings. The number of nitrogens with one attached hydrogen (secondary N) is 1. The summed E-state index contributed by atoms with van der Waals surface area (Å²) in [6.07, 6.45) is 91.0. The van der Waals surface area contributed by atoms with Crippen LogP contribution in [0, 0.1) is 0 Å². The van der Waals surface area contributed by atoms with Crippen LogP contribution >= 0.6 is 0 Å². The molecule has 0 radical (unpaired) electrons. The van der Waals surface area contributed by atoms with Crippen LogP contribution in [-0.4, -0.2) is 34.9 Å². The average molecular weight is 1040 g/mol. The zero-order valence-electron chi connectivity index (χ0n) is 50.6. The topological polar surface area (TPSA) is 69.6 Å². The summed E-state index contributed by atoms with van der Waals surface area (Å²) in [6.45, 7) is 4.34. The Bertz CT molecular complexity index is 1130. The summed E-state index contributed by atoms with van der Waals surface area (Å²) in [5.41, 5.74) is 0. The van der Waals surface area contributed by atoms with Gasteiger partial charge >= 0.3 is 0 Å². The minimum Gasteiger partial charge on any atom is -0.394 e. The summed E-state index contributed by atoms with van der Waals surface area (Å²) in [5.74, 6) is -0.0702. The third-order valence-electron chi connectivity index (χ3n) is 16.1. The summed E-state index contributed by atoms with van der Waals surface area (Å²) < 4.78 is 0. The van der Waals surface area contributed by atoms with E-state index < -0.39 is 12.1 Å². The molecule has 4 heteroatoms. The number of allylic oxidation sites excluding steroid dienone is 5. The van der Waals surface area contributed by atoms with E-state index in [9.17, 15) is 15.0 Å². The predicted molar refractivity (Wildman–Crippen MR) is 332 cm³/mol. The van der Waals surface area contributed by atoms with Gasteiger partial charge in [-0.1, -0.05) is 371 Å². The van der Waals surface area contributed by atoms with Crippen molar-refractivity contribution in [3.63, 3.8) is 0 Å². The van der Waals surface area contributed by atoms with Gasteiger partial charge in [-0.3, -0.25) is 4.79 Å². The predicted octanol–water partition coefficient (Wildman–Crippen LogP) is 23.2. The Kier molecular flexibility index (Phi) is 64.7. The first kappa shape index (κ1) is 72.6. The smallest absolute Gasteiger partial charge is 0.220 e. The third-order valence-corrected chi connectivity index (χ3v) is 16.1. The number of aliphatic hydroxyl groups excluding tert-OH is 2. The second-order valence-corrected chi connectivity index (χ2v) is 23.6. The molecule has 0 aromatic carbocycles. The standard InChI is InChI=1S/C70H135NO3/c1-3-5-7-9-11-13-15-17-19-21-23-25-27-28-29-30-31-32-33-34-35-36-37-38-39-40-41-42-43-44-46-48-50-52-54-56-58-60-62-64-66-70(74)71-68(67-72)69(73)65-63-61-59-57-55-53-51-49-47-45-26-24-22-20-18-16-14-12-10-8-6-4-2/h47,49,55,57,63,65,68-69,72-73H,3-46,48,50-54,56,58-62,64,66-67H2,1-2H3,(H,71,74)/b49-47+,57-55+,65-63+. The van der Waals surface area contributed by atoms with E-state index in [0.29, 0.717) is 6.42 Å². The number of hydrogen-bond acceptors (Lipinski definition) is 3. The van der Waals surface area contributed by atoms with Gasteiger partial charge in [-0.2, -0.15) is 0 Å². The fourth-order valence-corrected chi connectivity index (χ4v) is 10.9. The monoisotopic (exact) mass is 1040 g/mol. The molecule has 0 saturated carbocycles. The van der Waals surface area contributed by atoms with Crippen molar-refractivity contribution in [2.75, 3.05) is 6.61 Å².